The Hall–Kier alpha value is -0.820. The fraction of sp³-hybridized carbons (Fsp3) is 0.684. The highest BCUT2D eigenvalue weighted by Crippen LogP contribution is 2.32. The van der Waals surface area contributed by atoms with Gasteiger partial charge in [0.1, 0.15) is 0 Å². The minimum atomic E-state index is 0.610. The largest absolute Gasteiger partial charge is 0.314 e. The molecule has 1 fully saturated rings. The van der Waals surface area contributed by atoms with Crippen LogP contribution in [0.3, 0.4) is 0 Å². The second-order valence-corrected chi connectivity index (χ2v) is 7.07. The van der Waals surface area contributed by atoms with Crippen molar-refractivity contribution in [3.63, 3.8) is 0 Å². The molecule has 0 saturated heterocycles. The van der Waals surface area contributed by atoms with Crippen molar-refractivity contribution in [2.75, 3.05) is 6.54 Å². The lowest BCUT2D eigenvalue weighted by Crippen LogP contribution is -2.35. The second-order valence-electron chi connectivity index (χ2n) is 7.07. The molecular formula is C19H31N. The van der Waals surface area contributed by atoms with Gasteiger partial charge in [0, 0.05) is 6.04 Å². The van der Waals surface area contributed by atoms with Gasteiger partial charge in [-0.15, -0.1) is 0 Å². The van der Waals surface area contributed by atoms with Gasteiger partial charge in [-0.3, -0.25) is 0 Å². The third-order valence-electron chi connectivity index (χ3n) is 4.63. The van der Waals surface area contributed by atoms with Crippen molar-refractivity contribution in [2.45, 2.75) is 65.8 Å². The van der Waals surface area contributed by atoms with E-state index in [1.807, 2.05) is 0 Å². The first kappa shape index (κ1) is 15.6. The summed E-state index contributed by atoms with van der Waals surface area (Å²) < 4.78 is 0. The molecule has 1 aliphatic rings. The molecule has 1 nitrogen and oxygen atoms in total. The molecule has 20 heavy (non-hydrogen) atoms. The third-order valence-corrected chi connectivity index (χ3v) is 4.63. The molecule has 1 saturated carbocycles. The van der Waals surface area contributed by atoms with Gasteiger partial charge in [-0.05, 0) is 57.1 Å². The number of hydrogen-bond donors (Lipinski definition) is 1. The summed E-state index contributed by atoms with van der Waals surface area (Å²) in [7, 11) is 0. The van der Waals surface area contributed by atoms with Crippen LogP contribution in [0.1, 0.15) is 56.2 Å². The first-order valence-corrected chi connectivity index (χ1v) is 8.35. The Bertz CT molecular complexity index is 402. The van der Waals surface area contributed by atoms with Crippen LogP contribution in [0, 0.1) is 25.7 Å². The number of hydrogen-bond acceptors (Lipinski definition) is 1. The summed E-state index contributed by atoms with van der Waals surface area (Å²) in [5, 5.41) is 3.65. The molecule has 0 aliphatic heterocycles. The monoisotopic (exact) mass is 273 g/mol. The van der Waals surface area contributed by atoms with E-state index in [4.69, 9.17) is 0 Å². The fourth-order valence-electron chi connectivity index (χ4n) is 3.70. The molecular weight excluding hydrogens is 242 g/mol. The van der Waals surface area contributed by atoms with E-state index in [0.29, 0.717) is 6.04 Å². The molecule has 0 radical (unpaired) electrons. The third kappa shape index (κ3) is 4.63. The molecule has 0 aromatic heterocycles. The van der Waals surface area contributed by atoms with Crippen LogP contribution in [0.5, 0.6) is 0 Å². The van der Waals surface area contributed by atoms with Crippen LogP contribution >= 0.6 is 0 Å². The van der Waals surface area contributed by atoms with Gasteiger partial charge in [-0.1, -0.05) is 56.0 Å². The molecule has 2 rings (SSSR count). The number of nitrogens with one attached hydrogen (secondary N) is 1. The van der Waals surface area contributed by atoms with Crippen molar-refractivity contribution in [2.24, 2.45) is 11.8 Å². The van der Waals surface area contributed by atoms with Gasteiger partial charge in [-0.25, -0.2) is 0 Å². The summed E-state index contributed by atoms with van der Waals surface area (Å²) >= 11 is 0. The van der Waals surface area contributed by atoms with Crippen LogP contribution in [0.25, 0.3) is 0 Å². The Morgan fingerprint density at radius 3 is 2.20 bits per heavy atom. The molecule has 0 heterocycles. The zero-order valence-electron chi connectivity index (χ0n) is 13.7. The average Bonchev–Trinajstić information content (AvgIpc) is 2.36. The van der Waals surface area contributed by atoms with E-state index in [-0.39, 0.29) is 0 Å². The average molecular weight is 273 g/mol. The highest BCUT2D eigenvalue weighted by atomic mass is 14.9. The van der Waals surface area contributed by atoms with Gasteiger partial charge < -0.3 is 5.32 Å². The molecule has 2 atom stereocenters. The molecule has 1 aromatic carbocycles. The highest BCUT2D eigenvalue weighted by molar-refractivity contribution is 5.28. The lowest BCUT2D eigenvalue weighted by molar-refractivity contribution is 0.224. The zero-order chi connectivity index (χ0) is 14.5. The molecule has 112 valence electrons. The Morgan fingerprint density at radius 1 is 1.00 bits per heavy atom. The van der Waals surface area contributed by atoms with Crippen molar-refractivity contribution in [3.05, 3.63) is 34.9 Å². The van der Waals surface area contributed by atoms with Crippen molar-refractivity contribution >= 4 is 0 Å². The summed E-state index contributed by atoms with van der Waals surface area (Å²) in [5.41, 5.74) is 4.37. The topological polar surface area (TPSA) is 12.0 Å². The number of rotatable bonds is 5. The SMILES string of the molecule is Cc1cc(C)cc(CC2CCCCC2CNC(C)C)c1. The zero-order valence-corrected chi connectivity index (χ0v) is 13.7. The van der Waals surface area contributed by atoms with Crippen LogP contribution in [0.4, 0.5) is 0 Å². The highest BCUT2D eigenvalue weighted by Gasteiger charge is 2.25. The van der Waals surface area contributed by atoms with Gasteiger partial charge >= 0.3 is 0 Å². The molecule has 0 bridgehead atoms. The molecule has 1 N–H and O–H groups in total. The number of benzene rings is 1. The summed E-state index contributed by atoms with van der Waals surface area (Å²) in [5.74, 6) is 1.74. The van der Waals surface area contributed by atoms with E-state index >= 15 is 0 Å². The summed E-state index contributed by atoms with van der Waals surface area (Å²) in [4.78, 5) is 0. The van der Waals surface area contributed by atoms with E-state index in [2.05, 4.69) is 51.2 Å². The van der Waals surface area contributed by atoms with Gasteiger partial charge in [-0.2, -0.15) is 0 Å². The Kier molecular flexibility index (Phi) is 5.65. The van der Waals surface area contributed by atoms with E-state index in [1.54, 1.807) is 5.56 Å². The molecule has 0 amide bonds. The molecule has 2 unspecified atom stereocenters. The maximum absolute atomic E-state index is 3.65. The summed E-state index contributed by atoms with van der Waals surface area (Å²) in [6.45, 7) is 10.1. The molecule has 1 aliphatic carbocycles. The number of aryl methyl sites for hydroxylation is 2. The Labute approximate surface area is 125 Å². The van der Waals surface area contributed by atoms with Crippen LogP contribution in [-0.2, 0) is 6.42 Å². The van der Waals surface area contributed by atoms with Crippen LogP contribution < -0.4 is 5.32 Å². The summed E-state index contributed by atoms with van der Waals surface area (Å²) in [6.07, 6.45) is 6.95. The van der Waals surface area contributed by atoms with Crippen molar-refractivity contribution < 1.29 is 0 Å². The first-order valence-electron chi connectivity index (χ1n) is 8.35. The van der Waals surface area contributed by atoms with Gasteiger partial charge in [0.2, 0.25) is 0 Å². The Balaban J connectivity index is 2.00. The van der Waals surface area contributed by atoms with Crippen molar-refractivity contribution in [1.29, 1.82) is 0 Å². The van der Waals surface area contributed by atoms with E-state index in [0.717, 1.165) is 11.8 Å². The van der Waals surface area contributed by atoms with Crippen molar-refractivity contribution in [3.8, 4) is 0 Å². The maximum Gasteiger partial charge on any atom is 0.00104 e. The standard InChI is InChI=1S/C19H31N/c1-14(2)20-13-19-8-6-5-7-18(19)12-17-10-15(3)9-16(4)11-17/h9-11,14,18-20H,5-8,12-13H2,1-4H3. The fourth-order valence-corrected chi connectivity index (χ4v) is 3.70. The summed E-state index contributed by atoms with van der Waals surface area (Å²) in [6, 6.07) is 7.66. The van der Waals surface area contributed by atoms with E-state index in [1.165, 1.54) is 49.8 Å². The van der Waals surface area contributed by atoms with Gasteiger partial charge in [0.15, 0.2) is 0 Å². The molecule has 1 aromatic rings. The quantitative estimate of drug-likeness (QED) is 0.823. The van der Waals surface area contributed by atoms with Crippen LogP contribution in [0.2, 0.25) is 0 Å². The molecule has 1 heteroatoms. The second kappa shape index (κ2) is 7.26. The molecule has 0 spiro atoms. The normalized spacial score (nSPS) is 23.2. The predicted octanol–water partition coefficient (Wildman–Crippen LogP) is 4.65. The van der Waals surface area contributed by atoms with Gasteiger partial charge in [0.25, 0.3) is 0 Å². The Morgan fingerprint density at radius 2 is 1.60 bits per heavy atom. The van der Waals surface area contributed by atoms with Crippen LogP contribution in [-0.4, -0.2) is 12.6 Å². The van der Waals surface area contributed by atoms with Crippen LogP contribution in [0.15, 0.2) is 18.2 Å². The lowest BCUT2D eigenvalue weighted by atomic mass is 9.76. The predicted molar refractivity (Wildman–Crippen MR) is 88.2 cm³/mol. The van der Waals surface area contributed by atoms with E-state index in [9.17, 15) is 0 Å². The lowest BCUT2D eigenvalue weighted by Gasteiger charge is -2.32. The van der Waals surface area contributed by atoms with E-state index < -0.39 is 0 Å². The minimum Gasteiger partial charge on any atom is -0.314 e. The minimum absolute atomic E-state index is 0.610. The first-order chi connectivity index (χ1) is 9.54. The maximum atomic E-state index is 3.65. The van der Waals surface area contributed by atoms with Crippen molar-refractivity contribution in [1.82, 2.24) is 5.32 Å². The van der Waals surface area contributed by atoms with Gasteiger partial charge in [0.05, 0.1) is 0 Å². The smallest absolute Gasteiger partial charge is 0.00104 e.